The molecule has 1 aliphatic rings. The zero-order valence-electron chi connectivity index (χ0n) is 15.4. The average Bonchev–Trinajstić information content (AvgIpc) is 3.34. The second-order valence-electron chi connectivity index (χ2n) is 6.76. The van der Waals surface area contributed by atoms with Crippen LogP contribution in [-0.4, -0.2) is 30.6 Å². The van der Waals surface area contributed by atoms with Gasteiger partial charge in [0.25, 0.3) is 0 Å². The van der Waals surface area contributed by atoms with Crippen LogP contribution in [0.3, 0.4) is 0 Å². The van der Waals surface area contributed by atoms with E-state index in [9.17, 15) is 0 Å². The molecule has 1 fully saturated rings. The molecule has 4 nitrogen and oxygen atoms in total. The van der Waals surface area contributed by atoms with E-state index in [0.29, 0.717) is 0 Å². The Morgan fingerprint density at radius 1 is 1.20 bits per heavy atom. The number of aliphatic imine (C=N–C) groups is 1. The number of aryl methyl sites for hydroxylation is 2. The van der Waals surface area contributed by atoms with Crippen molar-refractivity contribution in [3.05, 3.63) is 51.5 Å². The van der Waals surface area contributed by atoms with Crippen LogP contribution in [0, 0.1) is 13.8 Å². The van der Waals surface area contributed by atoms with Crippen molar-refractivity contribution in [1.82, 2.24) is 15.6 Å². The first-order chi connectivity index (χ1) is 12.1. The highest BCUT2D eigenvalue weighted by atomic mass is 32.1. The van der Waals surface area contributed by atoms with Gasteiger partial charge in [-0.25, -0.2) is 4.98 Å². The Hall–Kier alpha value is -1.88. The maximum absolute atomic E-state index is 4.87. The smallest absolute Gasteiger partial charge is 0.191 e. The lowest BCUT2D eigenvalue weighted by Gasteiger charge is -2.16. The van der Waals surface area contributed by atoms with Crippen molar-refractivity contribution in [3.8, 4) is 0 Å². The van der Waals surface area contributed by atoms with Gasteiger partial charge in [0.15, 0.2) is 5.96 Å². The fraction of sp³-hybridized carbons (Fsp3) is 0.500. The number of rotatable bonds is 7. The van der Waals surface area contributed by atoms with Crippen LogP contribution in [0.2, 0.25) is 0 Å². The Kier molecular flexibility index (Phi) is 5.74. The van der Waals surface area contributed by atoms with Crippen LogP contribution in [0.25, 0.3) is 0 Å². The number of thiazole rings is 1. The summed E-state index contributed by atoms with van der Waals surface area (Å²) < 4.78 is 0. The molecule has 0 spiro atoms. The average molecular weight is 357 g/mol. The van der Waals surface area contributed by atoms with E-state index in [0.717, 1.165) is 42.7 Å². The summed E-state index contributed by atoms with van der Waals surface area (Å²) in [6.07, 6.45) is 3.46. The predicted octanol–water partition coefficient (Wildman–Crippen LogP) is 3.59. The normalized spacial score (nSPS) is 15.9. The molecular formula is C20H28N4S. The van der Waals surface area contributed by atoms with E-state index in [1.54, 1.807) is 11.3 Å². The minimum absolute atomic E-state index is 0.259. The molecule has 25 heavy (non-hydrogen) atoms. The summed E-state index contributed by atoms with van der Waals surface area (Å²) in [6.45, 7) is 8.88. The molecule has 3 rings (SSSR count). The lowest BCUT2D eigenvalue weighted by Crippen LogP contribution is -2.39. The maximum Gasteiger partial charge on any atom is 0.191 e. The van der Waals surface area contributed by atoms with Gasteiger partial charge in [-0.05, 0) is 39.2 Å². The number of aromatic nitrogens is 1. The number of benzene rings is 1. The fourth-order valence-corrected chi connectivity index (χ4v) is 4.09. The molecule has 0 amide bonds. The minimum Gasteiger partial charge on any atom is -0.357 e. The van der Waals surface area contributed by atoms with Gasteiger partial charge in [-0.1, -0.05) is 30.3 Å². The zero-order valence-corrected chi connectivity index (χ0v) is 16.2. The summed E-state index contributed by atoms with van der Waals surface area (Å²) in [5, 5.41) is 7.99. The van der Waals surface area contributed by atoms with Crippen molar-refractivity contribution >= 4 is 17.3 Å². The Morgan fingerprint density at radius 2 is 1.96 bits per heavy atom. The van der Waals surface area contributed by atoms with E-state index in [4.69, 9.17) is 4.99 Å². The molecule has 1 heterocycles. The van der Waals surface area contributed by atoms with Gasteiger partial charge in [-0.3, -0.25) is 4.99 Å². The summed E-state index contributed by atoms with van der Waals surface area (Å²) in [7, 11) is 0. The molecule has 1 aliphatic carbocycles. The Morgan fingerprint density at radius 3 is 2.56 bits per heavy atom. The van der Waals surface area contributed by atoms with Crippen LogP contribution < -0.4 is 10.6 Å². The van der Waals surface area contributed by atoms with E-state index in [1.165, 1.54) is 23.3 Å². The quantitative estimate of drug-likeness (QED) is 0.589. The predicted molar refractivity (Wildman–Crippen MR) is 107 cm³/mol. The van der Waals surface area contributed by atoms with Crippen LogP contribution >= 0.6 is 11.3 Å². The third-order valence-electron chi connectivity index (χ3n) is 4.77. The van der Waals surface area contributed by atoms with Gasteiger partial charge in [-0.15, -0.1) is 11.3 Å². The van der Waals surface area contributed by atoms with Crippen molar-refractivity contribution in [3.63, 3.8) is 0 Å². The molecule has 0 unspecified atom stereocenters. The summed E-state index contributed by atoms with van der Waals surface area (Å²) >= 11 is 1.79. The van der Waals surface area contributed by atoms with Crippen LogP contribution in [0.5, 0.6) is 0 Å². The molecule has 0 atom stereocenters. The highest BCUT2D eigenvalue weighted by Crippen LogP contribution is 2.48. The summed E-state index contributed by atoms with van der Waals surface area (Å²) in [4.78, 5) is 10.7. The van der Waals surface area contributed by atoms with Crippen molar-refractivity contribution < 1.29 is 0 Å². The Bertz CT molecular complexity index is 717. The second kappa shape index (κ2) is 8.00. The second-order valence-corrected chi connectivity index (χ2v) is 8.05. The molecule has 0 bridgehead atoms. The van der Waals surface area contributed by atoms with E-state index in [1.807, 2.05) is 0 Å². The highest BCUT2D eigenvalue weighted by molar-refractivity contribution is 7.11. The molecule has 2 aromatic rings. The van der Waals surface area contributed by atoms with Crippen molar-refractivity contribution in [1.29, 1.82) is 0 Å². The molecule has 5 heteroatoms. The third kappa shape index (κ3) is 4.60. The molecular weight excluding hydrogens is 328 g/mol. The van der Waals surface area contributed by atoms with E-state index >= 15 is 0 Å². The molecule has 1 saturated carbocycles. The first-order valence-corrected chi connectivity index (χ1v) is 9.95. The summed E-state index contributed by atoms with van der Waals surface area (Å²) in [5.41, 5.74) is 2.84. The standard InChI is InChI=1S/C20H28N4S/c1-4-21-19(22-13-10-18-15(2)24-16(3)25-18)23-14-20(11-12-20)17-8-6-5-7-9-17/h5-9H,4,10-14H2,1-3H3,(H2,21,22,23). The molecule has 134 valence electrons. The van der Waals surface area contributed by atoms with Gasteiger partial charge in [0.05, 0.1) is 17.2 Å². The van der Waals surface area contributed by atoms with Crippen molar-refractivity contribution in [2.75, 3.05) is 19.6 Å². The van der Waals surface area contributed by atoms with Gasteiger partial charge in [0.1, 0.15) is 0 Å². The van der Waals surface area contributed by atoms with Crippen molar-refractivity contribution in [2.24, 2.45) is 4.99 Å². The molecule has 0 radical (unpaired) electrons. The first-order valence-electron chi connectivity index (χ1n) is 9.13. The van der Waals surface area contributed by atoms with Crippen LogP contribution in [-0.2, 0) is 11.8 Å². The molecule has 0 saturated heterocycles. The summed E-state index contributed by atoms with van der Waals surface area (Å²) in [6, 6.07) is 10.8. The zero-order chi connectivity index (χ0) is 17.7. The molecule has 1 aromatic heterocycles. The monoisotopic (exact) mass is 356 g/mol. The Labute approximate surface area is 154 Å². The van der Waals surface area contributed by atoms with Gasteiger partial charge in [0.2, 0.25) is 0 Å². The Balaban J connectivity index is 1.57. The maximum atomic E-state index is 4.87. The van der Waals surface area contributed by atoms with Gasteiger partial charge < -0.3 is 10.6 Å². The van der Waals surface area contributed by atoms with Crippen LogP contribution in [0.1, 0.15) is 40.9 Å². The number of hydrogen-bond acceptors (Lipinski definition) is 3. The number of guanidine groups is 1. The first kappa shape index (κ1) is 17.9. The van der Waals surface area contributed by atoms with Gasteiger partial charge in [-0.2, -0.15) is 0 Å². The summed E-state index contributed by atoms with van der Waals surface area (Å²) in [5.74, 6) is 0.920. The number of hydrogen-bond donors (Lipinski definition) is 2. The minimum atomic E-state index is 0.259. The molecule has 1 aromatic carbocycles. The number of nitrogens with zero attached hydrogens (tertiary/aromatic N) is 2. The van der Waals surface area contributed by atoms with E-state index in [-0.39, 0.29) is 5.41 Å². The highest BCUT2D eigenvalue weighted by Gasteiger charge is 2.43. The lowest BCUT2D eigenvalue weighted by molar-refractivity contribution is 0.692. The van der Waals surface area contributed by atoms with Gasteiger partial charge >= 0.3 is 0 Å². The largest absolute Gasteiger partial charge is 0.357 e. The van der Waals surface area contributed by atoms with Crippen LogP contribution in [0.4, 0.5) is 0 Å². The van der Waals surface area contributed by atoms with E-state index < -0.39 is 0 Å². The lowest BCUT2D eigenvalue weighted by atomic mass is 9.96. The fourth-order valence-electron chi connectivity index (χ4n) is 3.15. The molecule has 2 N–H and O–H groups in total. The SMILES string of the molecule is CCNC(=NCC1(c2ccccc2)CC1)NCCc1sc(C)nc1C. The molecule has 0 aliphatic heterocycles. The third-order valence-corrected chi connectivity index (χ3v) is 5.90. The topological polar surface area (TPSA) is 49.3 Å². The van der Waals surface area contributed by atoms with Gasteiger partial charge in [0, 0.05) is 29.8 Å². The van der Waals surface area contributed by atoms with Crippen molar-refractivity contribution in [2.45, 2.75) is 45.4 Å². The van der Waals surface area contributed by atoms with E-state index in [2.05, 4.69) is 66.7 Å². The number of nitrogens with one attached hydrogen (secondary N) is 2. The van der Waals surface area contributed by atoms with Crippen LogP contribution in [0.15, 0.2) is 35.3 Å².